The number of thiophene rings is 1. The molecular weight excluding hydrogens is 338 g/mol. The zero-order valence-corrected chi connectivity index (χ0v) is 16.2. The van der Waals surface area contributed by atoms with Gasteiger partial charge in [0.2, 0.25) is 0 Å². The second-order valence-electron chi connectivity index (χ2n) is 6.77. The second-order valence-corrected chi connectivity index (χ2v) is 7.63. The zero-order valence-electron chi connectivity index (χ0n) is 15.4. The third-order valence-electron chi connectivity index (χ3n) is 4.96. The van der Waals surface area contributed by atoms with Crippen LogP contribution in [0, 0.1) is 27.7 Å². The highest BCUT2D eigenvalue weighted by molar-refractivity contribution is 7.17. The van der Waals surface area contributed by atoms with E-state index in [9.17, 15) is 0 Å². The van der Waals surface area contributed by atoms with Gasteiger partial charge in [0.1, 0.15) is 17.0 Å². The lowest BCUT2D eigenvalue weighted by Crippen LogP contribution is -1.96. The minimum absolute atomic E-state index is 0.854. The summed E-state index contributed by atoms with van der Waals surface area (Å²) in [4.78, 5) is 10.0. The predicted octanol–water partition coefficient (Wildman–Crippen LogP) is 6.34. The Balaban J connectivity index is 1.84. The molecule has 0 aliphatic heterocycles. The third kappa shape index (κ3) is 2.97. The lowest BCUT2D eigenvalue weighted by molar-refractivity contribution is 1.23. The summed E-state index contributed by atoms with van der Waals surface area (Å²) < 4.78 is 0. The number of nitrogens with zero attached hydrogens (tertiary/aromatic N) is 2. The fourth-order valence-corrected chi connectivity index (χ4v) is 3.96. The van der Waals surface area contributed by atoms with Gasteiger partial charge in [0.15, 0.2) is 0 Å². The Hall–Kier alpha value is -2.72. The van der Waals surface area contributed by atoms with Gasteiger partial charge in [-0.15, -0.1) is 11.3 Å². The molecule has 0 fully saturated rings. The summed E-state index contributed by atoms with van der Waals surface area (Å²) in [5, 5.41) is 6.75. The number of hydrogen-bond acceptors (Lipinski definition) is 4. The maximum atomic E-state index is 4.54. The molecule has 3 nitrogen and oxygen atoms in total. The van der Waals surface area contributed by atoms with Crippen molar-refractivity contribution in [2.45, 2.75) is 27.7 Å². The number of rotatable bonds is 3. The van der Waals surface area contributed by atoms with E-state index in [1.54, 1.807) is 17.7 Å². The van der Waals surface area contributed by atoms with Crippen molar-refractivity contribution in [3.05, 3.63) is 70.4 Å². The minimum Gasteiger partial charge on any atom is -0.340 e. The molecule has 2 heterocycles. The van der Waals surface area contributed by atoms with E-state index in [2.05, 4.69) is 84.8 Å². The summed E-state index contributed by atoms with van der Waals surface area (Å²) >= 11 is 1.66. The molecule has 0 spiro atoms. The Morgan fingerprint density at radius 1 is 0.808 bits per heavy atom. The standard InChI is InChI=1S/C22H21N3S/c1-13-5-7-17(9-15(13)3)19-11-26-22-20(19)21(23-12-24-22)25-18-8-6-14(2)16(4)10-18/h5-12H,1-4H3,(H,23,24,25). The normalized spacial score (nSPS) is 11.1. The van der Waals surface area contributed by atoms with Crippen LogP contribution < -0.4 is 5.32 Å². The zero-order chi connectivity index (χ0) is 18.3. The number of nitrogens with one attached hydrogen (secondary N) is 1. The number of aromatic nitrogens is 2. The first kappa shape index (κ1) is 16.7. The van der Waals surface area contributed by atoms with Crippen LogP contribution in [0.5, 0.6) is 0 Å². The van der Waals surface area contributed by atoms with Crippen LogP contribution in [0.1, 0.15) is 22.3 Å². The molecule has 0 radical (unpaired) electrons. The Kier molecular flexibility index (Phi) is 4.21. The minimum atomic E-state index is 0.854. The SMILES string of the molecule is Cc1ccc(Nc2ncnc3scc(-c4ccc(C)c(C)c4)c23)cc1C. The van der Waals surface area contributed by atoms with Crippen molar-refractivity contribution in [2.75, 3.05) is 5.32 Å². The highest BCUT2D eigenvalue weighted by Gasteiger charge is 2.14. The van der Waals surface area contributed by atoms with Gasteiger partial charge < -0.3 is 5.32 Å². The average Bonchev–Trinajstić information content (AvgIpc) is 3.06. The first-order chi connectivity index (χ1) is 12.5. The first-order valence-electron chi connectivity index (χ1n) is 8.67. The summed E-state index contributed by atoms with van der Waals surface area (Å²) in [5.74, 6) is 0.854. The molecule has 0 aliphatic rings. The number of anilines is 2. The fourth-order valence-electron chi connectivity index (χ4n) is 3.05. The van der Waals surface area contributed by atoms with Crippen LogP contribution in [-0.2, 0) is 0 Å². The number of benzene rings is 2. The fraction of sp³-hybridized carbons (Fsp3) is 0.182. The molecule has 0 aliphatic carbocycles. The Labute approximate surface area is 157 Å². The molecule has 0 amide bonds. The van der Waals surface area contributed by atoms with Gasteiger partial charge in [-0.3, -0.25) is 0 Å². The Morgan fingerprint density at radius 3 is 2.27 bits per heavy atom. The van der Waals surface area contributed by atoms with Crippen LogP contribution in [0.4, 0.5) is 11.5 Å². The molecule has 0 bridgehead atoms. The monoisotopic (exact) mass is 359 g/mol. The lowest BCUT2D eigenvalue weighted by atomic mass is 10.0. The van der Waals surface area contributed by atoms with E-state index >= 15 is 0 Å². The molecule has 4 aromatic rings. The average molecular weight is 359 g/mol. The highest BCUT2D eigenvalue weighted by Crippen LogP contribution is 2.38. The molecule has 0 saturated carbocycles. The van der Waals surface area contributed by atoms with Crippen LogP contribution in [0.15, 0.2) is 48.1 Å². The van der Waals surface area contributed by atoms with E-state index in [0.717, 1.165) is 21.7 Å². The summed E-state index contributed by atoms with van der Waals surface area (Å²) in [6.45, 7) is 8.54. The van der Waals surface area contributed by atoms with E-state index < -0.39 is 0 Å². The van der Waals surface area contributed by atoms with Gasteiger partial charge in [-0.2, -0.15) is 0 Å². The molecule has 26 heavy (non-hydrogen) atoms. The second kappa shape index (κ2) is 6.54. The van der Waals surface area contributed by atoms with Gasteiger partial charge in [0.05, 0.1) is 5.39 Å². The van der Waals surface area contributed by atoms with Gasteiger partial charge in [-0.25, -0.2) is 9.97 Å². The van der Waals surface area contributed by atoms with E-state index in [1.165, 1.54) is 33.4 Å². The smallest absolute Gasteiger partial charge is 0.143 e. The maximum absolute atomic E-state index is 4.54. The molecule has 2 aromatic heterocycles. The van der Waals surface area contributed by atoms with Gasteiger partial charge >= 0.3 is 0 Å². The Morgan fingerprint density at radius 2 is 1.54 bits per heavy atom. The predicted molar refractivity (Wildman–Crippen MR) is 112 cm³/mol. The Bertz CT molecular complexity index is 1110. The first-order valence-corrected chi connectivity index (χ1v) is 9.55. The van der Waals surface area contributed by atoms with Crippen molar-refractivity contribution in [2.24, 2.45) is 0 Å². The van der Waals surface area contributed by atoms with E-state index in [0.29, 0.717) is 0 Å². The van der Waals surface area contributed by atoms with Gasteiger partial charge in [-0.1, -0.05) is 24.3 Å². The van der Waals surface area contributed by atoms with Crippen molar-refractivity contribution in [1.29, 1.82) is 0 Å². The van der Waals surface area contributed by atoms with E-state index in [-0.39, 0.29) is 0 Å². The third-order valence-corrected chi connectivity index (χ3v) is 5.84. The molecule has 1 N–H and O–H groups in total. The summed E-state index contributed by atoms with van der Waals surface area (Å²) in [6, 6.07) is 13.0. The molecule has 130 valence electrons. The van der Waals surface area contributed by atoms with Crippen LogP contribution in [-0.4, -0.2) is 9.97 Å². The number of fused-ring (bicyclic) bond motifs is 1. The van der Waals surface area contributed by atoms with Crippen molar-refractivity contribution >= 4 is 33.1 Å². The maximum Gasteiger partial charge on any atom is 0.143 e. The summed E-state index contributed by atoms with van der Waals surface area (Å²) in [5.41, 5.74) is 8.58. The lowest BCUT2D eigenvalue weighted by Gasteiger charge is -2.11. The van der Waals surface area contributed by atoms with Crippen molar-refractivity contribution < 1.29 is 0 Å². The van der Waals surface area contributed by atoms with Crippen molar-refractivity contribution in [3.8, 4) is 11.1 Å². The summed E-state index contributed by atoms with van der Waals surface area (Å²) in [7, 11) is 0. The molecule has 2 aromatic carbocycles. The van der Waals surface area contributed by atoms with Crippen LogP contribution >= 0.6 is 11.3 Å². The highest BCUT2D eigenvalue weighted by atomic mass is 32.1. The largest absolute Gasteiger partial charge is 0.340 e. The molecular formula is C22H21N3S. The van der Waals surface area contributed by atoms with Crippen molar-refractivity contribution in [3.63, 3.8) is 0 Å². The van der Waals surface area contributed by atoms with Crippen LogP contribution in [0.2, 0.25) is 0 Å². The number of aryl methyl sites for hydroxylation is 4. The topological polar surface area (TPSA) is 37.8 Å². The molecule has 0 atom stereocenters. The van der Waals surface area contributed by atoms with Gasteiger partial charge in [0.25, 0.3) is 0 Å². The van der Waals surface area contributed by atoms with Crippen LogP contribution in [0.25, 0.3) is 21.3 Å². The molecule has 0 saturated heterocycles. The van der Waals surface area contributed by atoms with Gasteiger partial charge in [0, 0.05) is 16.6 Å². The van der Waals surface area contributed by atoms with E-state index in [1.807, 2.05) is 0 Å². The van der Waals surface area contributed by atoms with E-state index in [4.69, 9.17) is 0 Å². The number of hydrogen-bond donors (Lipinski definition) is 1. The molecule has 0 unspecified atom stereocenters. The molecule has 4 rings (SSSR count). The van der Waals surface area contributed by atoms with Crippen molar-refractivity contribution in [1.82, 2.24) is 9.97 Å². The quantitative estimate of drug-likeness (QED) is 0.464. The van der Waals surface area contributed by atoms with Crippen LogP contribution in [0.3, 0.4) is 0 Å². The summed E-state index contributed by atoms with van der Waals surface area (Å²) in [6.07, 6.45) is 1.63. The molecule has 4 heteroatoms. The van der Waals surface area contributed by atoms with Gasteiger partial charge in [-0.05, 0) is 67.6 Å².